The second-order valence-electron chi connectivity index (χ2n) is 12.7. The van der Waals surface area contributed by atoms with Gasteiger partial charge in [-0.3, -0.25) is 9.59 Å². The third kappa shape index (κ3) is 10.6. The molecule has 0 saturated carbocycles. The zero-order valence-corrected chi connectivity index (χ0v) is 27.1. The van der Waals surface area contributed by atoms with Gasteiger partial charge < -0.3 is 24.2 Å². The molecule has 0 radical (unpaired) electrons. The van der Waals surface area contributed by atoms with E-state index in [1.54, 1.807) is 25.6 Å². The lowest BCUT2D eigenvalue weighted by Crippen LogP contribution is -2.46. The van der Waals surface area contributed by atoms with E-state index in [1.807, 2.05) is 28.0 Å². The normalized spacial score (nSPS) is 14.6. The maximum Gasteiger partial charge on any atom is 0.242 e. The summed E-state index contributed by atoms with van der Waals surface area (Å²) in [7, 11) is 3.26. The molecular formula is C33H51N3O4S. The Morgan fingerprint density at radius 3 is 2.32 bits per heavy atom. The molecule has 1 fully saturated rings. The van der Waals surface area contributed by atoms with Crippen molar-refractivity contribution < 1.29 is 19.1 Å². The average Bonchev–Trinajstić information content (AvgIpc) is 3.58. The van der Waals surface area contributed by atoms with Crippen molar-refractivity contribution in [2.45, 2.75) is 73.3 Å². The third-order valence-electron chi connectivity index (χ3n) is 7.82. The first-order chi connectivity index (χ1) is 19.5. The highest BCUT2D eigenvalue weighted by atomic mass is 32.1. The predicted molar refractivity (Wildman–Crippen MR) is 168 cm³/mol. The molecule has 1 aliphatic rings. The van der Waals surface area contributed by atoms with Crippen molar-refractivity contribution in [3.05, 3.63) is 45.6 Å². The summed E-state index contributed by atoms with van der Waals surface area (Å²) in [5.41, 5.74) is 2.42. The van der Waals surface area contributed by atoms with Crippen LogP contribution in [0.15, 0.2) is 29.6 Å². The number of nitrogens with zero attached hydrogens (tertiary/aromatic N) is 3. The number of hydrogen-bond acceptors (Lipinski definition) is 6. The highest BCUT2D eigenvalue weighted by molar-refractivity contribution is 7.10. The molecular weight excluding hydrogens is 534 g/mol. The van der Waals surface area contributed by atoms with Crippen molar-refractivity contribution in [2.24, 2.45) is 11.3 Å². The number of methoxy groups -OCH3 is 2. The number of ether oxygens (including phenoxy) is 2. The molecule has 1 aromatic carbocycles. The first-order valence-electron chi connectivity index (χ1n) is 15.0. The molecule has 2 aromatic rings. The van der Waals surface area contributed by atoms with Gasteiger partial charge in [0, 0.05) is 30.9 Å². The first-order valence-corrected chi connectivity index (χ1v) is 15.9. The van der Waals surface area contributed by atoms with Gasteiger partial charge in [-0.15, -0.1) is 11.3 Å². The van der Waals surface area contributed by atoms with Crippen molar-refractivity contribution in [3.8, 4) is 11.5 Å². The smallest absolute Gasteiger partial charge is 0.242 e. The average molecular weight is 586 g/mol. The van der Waals surface area contributed by atoms with Gasteiger partial charge in [-0.25, -0.2) is 0 Å². The Hall–Kier alpha value is -2.58. The summed E-state index contributed by atoms with van der Waals surface area (Å²) in [5, 5.41) is 2.07. The summed E-state index contributed by atoms with van der Waals surface area (Å²) in [5.74, 6) is 1.71. The van der Waals surface area contributed by atoms with Crippen LogP contribution in [0.1, 0.15) is 69.4 Å². The summed E-state index contributed by atoms with van der Waals surface area (Å²) in [4.78, 5) is 34.9. The van der Waals surface area contributed by atoms with Crippen LogP contribution in [0.3, 0.4) is 0 Å². The fourth-order valence-corrected chi connectivity index (χ4v) is 6.62. The zero-order chi connectivity index (χ0) is 30.0. The minimum absolute atomic E-state index is 0.00322. The van der Waals surface area contributed by atoms with Gasteiger partial charge in [-0.05, 0) is 91.7 Å². The summed E-state index contributed by atoms with van der Waals surface area (Å²) >= 11 is 1.68. The molecule has 1 aromatic heterocycles. The monoisotopic (exact) mass is 585 g/mol. The Bertz CT molecular complexity index is 1120. The topological polar surface area (TPSA) is 62.3 Å². The van der Waals surface area contributed by atoms with Crippen LogP contribution in [-0.2, 0) is 22.6 Å². The number of carbonyl (C=O) groups is 2. The number of benzene rings is 1. The van der Waals surface area contributed by atoms with E-state index in [0.717, 1.165) is 31.6 Å². The van der Waals surface area contributed by atoms with Gasteiger partial charge in [0.1, 0.15) is 0 Å². The van der Waals surface area contributed by atoms with Gasteiger partial charge in [0.25, 0.3) is 0 Å². The quantitative estimate of drug-likeness (QED) is 0.255. The molecule has 2 amide bonds. The second kappa shape index (κ2) is 15.6. The highest BCUT2D eigenvalue weighted by Gasteiger charge is 2.26. The van der Waals surface area contributed by atoms with E-state index >= 15 is 0 Å². The first kappa shape index (κ1) is 32.9. The predicted octanol–water partition coefficient (Wildman–Crippen LogP) is 6.03. The Morgan fingerprint density at radius 2 is 1.71 bits per heavy atom. The lowest BCUT2D eigenvalue weighted by molar-refractivity contribution is -0.141. The van der Waals surface area contributed by atoms with Crippen LogP contribution in [-0.4, -0.2) is 80.0 Å². The summed E-state index contributed by atoms with van der Waals surface area (Å²) in [6.07, 6.45) is 4.54. The maximum absolute atomic E-state index is 13.9. The van der Waals surface area contributed by atoms with Crippen LogP contribution in [0, 0.1) is 18.3 Å². The Kier molecular flexibility index (Phi) is 12.5. The minimum Gasteiger partial charge on any atom is -0.493 e. The van der Waals surface area contributed by atoms with E-state index in [1.165, 1.54) is 23.3 Å². The molecule has 8 heteroatoms. The second-order valence-corrected chi connectivity index (χ2v) is 13.7. The fraction of sp³-hybridized carbons (Fsp3) is 0.636. The summed E-state index contributed by atoms with van der Waals surface area (Å²) < 4.78 is 10.9. The van der Waals surface area contributed by atoms with Gasteiger partial charge in [-0.2, -0.15) is 0 Å². The van der Waals surface area contributed by atoms with Crippen LogP contribution >= 0.6 is 11.3 Å². The van der Waals surface area contributed by atoms with Crippen molar-refractivity contribution in [1.82, 2.24) is 14.7 Å². The molecule has 0 N–H and O–H groups in total. The van der Waals surface area contributed by atoms with Gasteiger partial charge in [0.05, 0.1) is 27.3 Å². The molecule has 2 heterocycles. The lowest BCUT2D eigenvalue weighted by Gasteiger charge is -2.30. The van der Waals surface area contributed by atoms with E-state index < -0.39 is 0 Å². The van der Waals surface area contributed by atoms with Gasteiger partial charge >= 0.3 is 0 Å². The molecule has 1 aliphatic heterocycles. The van der Waals surface area contributed by atoms with E-state index in [4.69, 9.17) is 9.47 Å². The molecule has 1 atom stereocenters. The van der Waals surface area contributed by atoms with E-state index in [0.29, 0.717) is 44.0 Å². The molecule has 228 valence electrons. The third-order valence-corrected chi connectivity index (χ3v) is 8.83. The highest BCUT2D eigenvalue weighted by Crippen LogP contribution is 2.28. The van der Waals surface area contributed by atoms with Gasteiger partial charge in [0.2, 0.25) is 11.8 Å². The van der Waals surface area contributed by atoms with Crippen molar-refractivity contribution in [2.75, 3.05) is 53.5 Å². The van der Waals surface area contributed by atoms with Crippen molar-refractivity contribution in [1.29, 1.82) is 0 Å². The largest absolute Gasteiger partial charge is 0.493 e. The van der Waals surface area contributed by atoms with Gasteiger partial charge in [0.15, 0.2) is 11.5 Å². The standard InChI is InChI=1S/C33H51N3O4S/c1-25(22-33(3,4)5)20-31(37)36(18-17-34-14-8-9-15-34)24-32(38)35(23-30-26(2)13-19-41-30)16-12-27-10-11-28(39-6)29(21-27)40-7/h10-11,13,19,21,25H,8-9,12,14-18,20,22-24H2,1-7H3. The molecule has 41 heavy (non-hydrogen) atoms. The molecule has 1 saturated heterocycles. The zero-order valence-electron chi connectivity index (χ0n) is 26.3. The lowest BCUT2D eigenvalue weighted by atomic mass is 9.84. The Labute approximate surface area is 251 Å². The molecule has 3 rings (SSSR count). The summed E-state index contributed by atoms with van der Waals surface area (Å²) in [6, 6.07) is 7.99. The van der Waals surface area contributed by atoms with E-state index in [2.05, 4.69) is 51.0 Å². The Morgan fingerprint density at radius 1 is 1.00 bits per heavy atom. The number of hydrogen-bond donors (Lipinski definition) is 0. The number of thiophene rings is 1. The SMILES string of the molecule is COc1ccc(CCN(Cc2sccc2C)C(=O)CN(CCN2CCCC2)C(=O)CC(C)CC(C)(C)C)cc1OC. The molecule has 1 unspecified atom stereocenters. The number of rotatable bonds is 15. The van der Waals surface area contributed by atoms with Crippen molar-refractivity contribution >= 4 is 23.2 Å². The number of aryl methyl sites for hydroxylation is 1. The van der Waals surface area contributed by atoms with Crippen LogP contribution in [0.25, 0.3) is 0 Å². The molecule has 0 bridgehead atoms. The van der Waals surface area contributed by atoms with Crippen LogP contribution in [0.2, 0.25) is 0 Å². The molecule has 7 nitrogen and oxygen atoms in total. The van der Waals surface area contributed by atoms with E-state index in [-0.39, 0.29) is 29.7 Å². The van der Waals surface area contributed by atoms with Crippen LogP contribution in [0.4, 0.5) is 0 Å². The van der Waals surface area contributed by atoms with E-state index in [9.17, 15) is 9.59 Å². The van der Waals surface area contributed by atoms with Crippen molar-refractivity contribution in [3.63, 3.8) is 0 Å². The Balaban J connectivity index is 1.75. The summed E-state index contributed by atoms with van der Waals surface area (Å²) in [6.45, 7) is 15.7. The van der Waals surface area contributed by atoms with Crippen LogP contribution < -0.4 is 9.47 Å². The van der Waals surface area contributed by atoms with Crippen LogP contribution in [0.5, 0.6) is 11.5 Å². The number of likely N-dealkylation sites (tertiary alicyclic amines) is 1. The minimum atomic E-state index is -0.00322. The fourth-order valence-electron chi connectivity index (χ4n) is 5.70. The number of amides is 2. The van der Waals surface area contributed by atoms with Gasteiger partial charge in [-0.1, -0.05) is 33.8 Å². The maximum atomic E-state index is 13.9. The molecule has 0 aliphatic carbocycles. The molecule has 0 spiro atoms. The number of carbonyl (C=O) groups excluding carboxylic acids is 2.